The van der Waals surface area contributed by atoms with E-state index in [-0.39, 0.29) is 0 Å². The number of hydrogen-bond acceptors (Lipinski definition) is 5. The highest BCUT2D eigenvalue weighted by atomic mass is 32.2. The third kappa shape index (κ3) is 4.95. The maximum Gasteiger partial charge on any atom is 0.212 e. The molecule has 0 unspecified atom stereocenters. The first kappa shape index (κ1) is 18.2. The average Bonchev–Trinajstić information content (AvgIpc) is 3.12. The summed E-state index contributed by atoms with van der Waals surface area (Å²) in [5.41, 5.74) is 3.44. The highest BCUT2D eigenvalue weighted by Gasteiger charge is 2.05. The lowest BCUT2D eigenvalue weighted by Gasteiger charge is -2.07. The molecule has 0 fully saturated rings. The summed E-state index contributed by atoms with van der Waals surface area (Å²) in [5, 5.41) is 13.4. The number of benzene rings is 2. The maximum atomic E-state index is 5.76. The first-order valence-electron chi connectivity index (χ1n) is 8.61. The Balaban J connectivity index is 1.69. The molecule has 26 heavy (non-hydrogen) atoms. The molecule has 0 bridgehead atoms. The molecule has 0 N–H and O–H groups in total. The Bertz CT molecular complexity index is 858. The van der Waals surface area contributed by atoms with Crippen LogP contribution >= 0.6 is 11.8 Å². The van der Waals surface area contributed by atoms with Crippen molar-refractivity contribution in [1.82, 2.24) is 14.9 Å². The molecule has 1 heterocycles. The van der Waals surface area contributed by atoms with E-state index < -0.39 is 0 Å². The Labute approximate surface area is 158 Å². The van der Waals surface area contributed by atoms with Crippen LogP contribution in [0.4, 0.5) is 0 Å². The number of aromatic nitrogens is 3. The molecule has 0 saturated carbocycles. The summed E-state index contributed by atoms with van der Waals surface area (Å²) < 4.78 is 7.45. The van der Waals surface area contributed by atoms with Gasteiger partial charge in [0.05, 0.1) is 12.8 Å². The van der Waals surface area contributed by atoms with Gasteiger partial charge in [-0.15, -0.1) is 10.2 Å². The van der Waals surface area contributed by atoms with E-state index in [0.29, 0.717) is 6.61 Å². The van der Waals surface area contributed by atoms with Crippen LogP contribution < -0.4 is 4.74 Å². The molecule has 0 aliphatic heterocycles. The Morgan fingerprint density at radius 2 is 1.96 bits per heavy atom. The molecule has 0 spiro atoms. The quantitative estimate of drug-likeness (QED) is 0.433. The minimum atomic E-state index is 0.690. The SMILES string of the molecule is CCCOc1ccccc1/C=N/n1cnnc1SCc1ccc(C)cc1. The van der Waals surface area contributed by atoms with Gasteiger partial charge in [0.15, 0.2) is 0 Å². The largest absolute Gasteiger partial charge is 0.493 e. The molecule has 0 aliphatic rings. The molecule has 3 aromatic rings. The Kier molecular flexibility index (Phi) is 6.44. The maximum absolute atomic E-state index is 5.76. The standard InChI is InChI=1S/C20H22N4OS/c1-3-12-25-19-7-5-4-6-18(19)13-22-24-15-21-23-20(24)26-14-17-10-8-16(2)9-11-17/h4-11,13,15H,3,12,14H2,1-2H3/b22-13+. The summed E-state index contributed by atoms with van der Waals surface area (Å²) in [5.74, 6) is 1.66. The zero-order chi connectivity index (χ0) is 18.2. The van der Waals surface area contributed by atoms with Crippen LogP contribution in [-0.4, -0.2) is 27.7 Å². The summed E-state index contributed by atoms with van der Waals surface area (Å²) in [6.45, 7) is 4.87. The summed E-state index contributed by atoms with van der Waals surface area (Å²) in [7, 11) is 0. The summed E-state index contributed by atoms with van der Waals surface area (Å²) >= 11 is 1.61. The van der Waals surface area contributed by atoms with Gasteiger partial charge in [0.1, 0.15) is 12.1 Å². The number of hydrogen-bond donors (Lipinski definition) is 0. The van der Waals surface area contributed by atoms with Crippen LogP contribution in [0.25, 0.3) is 0 Å². The van der Waals surface area contributed by atoms with E-state index in [1.54, 1.807) is 29.0 Å². The van der Waals surface area contributed by atoms with Gasteiger partial charge in [-0.2, -0.15) is 9.78 Å². The Morgan fingerprint density at radius 3 is 2.77 bits per heavy atom. The van der Waals surface area contributed by atoms with Crippen LogP contribution in [0.3, 0.4) is 0 Å². The molecule has 0 atom stereocenters. The molecule has 3 rings (SSSR count). The summed E-state index contributed by atoms with van der Waals surface area (Å²) in [4.78, 5) is 0. The van der Waals surface area contributed by atoms with Crippen LogP contribution in [0.5, 0.6) is 5.75 Å². The Morgan fingerprint density at radius 1 is 1.15 bits per heavy atom. The van der Waals surface area contributed by atoms with Crippen molar-refractivity contribution in [1.29, 1.82) is 0 Å². The highest BCUT2D eigenvalue weighted by Crippen LogP contribution is 2.21. The van der Waals surface area contributed by atoms with Crippen molar-refractivity contribution >= 4 is 18.0 Å². The van der Waals surface area contributed by atoms with Crippen LogP contribution in [0, 0.1) is 6.92 Å². The van der Waals surface area contributed by atoms with E-state index in [2.05, 4.69) is 53.4 Å². The van der Waals surface area contributed by atoms with Gasteiger partial charge in [0, 0.05) is 11.3 Å². The van der Waals surface area contributed by atoms with Gasteiger partial charge in [-0.05, 0) is 31.0 Å². The fraction of sp³-hybridized carbons (Fsp3) is 0.250. The molecule has 134 valence electrons. The fourth-order valence-electron chi connectivity index (χ4n) is 2.28. The Hall–Kier alpha value is -2.60. The lowest BCUT2D eigenvalue weighted by Crippen LogP contribution is -1.99. The van der Waals surface area contributed by atoms with Crippen molar-refractivity contribution in [3.63, 3.8) is 0 Å². The molecule has 5 nitrogen and oxygen atoms in total. The van der Waals surface area contributed by atoms with Crippen LogP contribution in [0.1, 0.15) is 30.0 Å². The lowest BCUT2D eigenvalue weighted by molar-refractivity contribution is 0.317. The zero-order valence-corrected chi connectivity index (χ0v) is 15.8. The van der Waals surface area contributed by atoms with Crippen LogP contribution in [0.15, 0.2) is 65.1 Å². The van der Waals surface area contributed by atoms with E-state index in [1.165, 1.54) is 11.1 Å². The number of rotatable bonds is 8. The number of ether oxygens (including phenoxy) is 1. The van der Waals surface area contributed by atoms with Crippen molar-refractivity contribution in [2.24, 2.45) is 5.10 Å². The second kappa shape index (κ2) is 9.20. The van der Waals surface area contributed by atoms with E-state index >= 15 is 0 Å². The van der Waals surface area contributed by atoms with Crippen LogP contribution in [-0.2, 0) is 5.75 Å². The van der Waals surface area contributed by atoms with Gasteiger partial charge < -0.3 is 4.74 Å². The molecule has 0 amide bonds. The number of nitrogens with zero attached hydrogens (tertiary/aromatic N) is 4. The molecular weight excluding hydrogens is 344 g/mol. The van der Waals surface area contributed by atoms with Crippen molar-refractivity contribution in [2.75, 3.05) is 6.61 Å². The predicted octanol–water partition coefficient (Wildman–Crippen LogP) is 4.55. The summed E-state index contributed by atoms with van der Waals surface area (Å²) in [6, 6.07) is 16.4. The number of aryl methyl sites for hydroxylation is 1. The monoisotopic (exact) mass is 366 g/mol. The normalized spacial score (nSPS) is 11.2. The first-order chi connectivity index (χ1) is 12.8. The third-order valence-electron chi connectivity index (χ3n) is 3.69. The minimum Gasteiger partial charge on any atom is -0.493 e. The molecular formula is C20H22N4OS. The second-order valence-electron chi connectivity index (χ2n) is 5.86. The van der Waals surface area contributed by atoms with E-state index in [4.69, 9.17) is 4.74 Å². The molecule has 1 aromatic heterocycles. The van der Waals surface area contributed by atoms with Crippen molar-refractivity contribution < 1.29 is 4.74 Å². The molecule has 2 aromatic carbocycles. The third-order valence-corrected chi connectivity index (χ3v) is 4.70. The number of thioether (sulfide) groups is 1. The lowest BCUT2D eigenvalue weighted by atomic mass is 10.2. The van der Waals surface area contributed by atoms with Gasteiger partial charge in [0.2, 0.25) is 5.16 Å². The van der Waals surface area contributed by atoms with E-state index in [1.807, 2.05) is 24.3 Å². The van der Waals surface area contributed by atoms with E-state index in [9.17, 15) is 0 Å². The van der Waals surface area contributed by atoms with Gasteiger partial charge in [-0.1, -0.05) is 60.6 Å². The molecule has 0 aliphatic carbocycles. The van der Waals surface area contributed by atoms with Gasteiger partial charge >= 0.3 is 0 Å². The van der Waals surface area contributed by atoms with Crippen molar-refractivity contribution in [2.45, 2.75) is 31.2 Å². The predicted molar refractivity (Wildman–Crippen MR) is 106 cm³/mol. The smallest absolute Gasteiger partial charge is 0.212 e. The topological polar surface area (TPSA) is 52.3 Å². The van der Waals surface area contributed by atoms with Crippen LogP contribution in [0.2, 0.25) is 0 Å². The zero-order valence-electron chi connectivity index (χ0n) is 15.0. The summed E-state index contributed by atoms with van der Waals surface area (Å²) in [6.07, 6.45) is 4.37. The van der Waals surface area contributed by atoms with Crippen molar-refractivity contribution in [3.8, 4) is 5.75 Å². The van der Waals surface area contributed by atoms with Gasteiger partial charge in [0.25, 0.3) is 0 Å². The average molecular weight is 366 g/mol. The van der Waals surface area contributed by atoms with E-state index in [0.717, 1.165) is 28.6 Å². The highest BCUT2D eigenvalue weighted by molar-refractivity contribution is 7.98. The fourth-order valence-corrected chi connectivity index (χ4v) is 3.10. The molecule has 0 saturated heterocycles. The van der Waals surface area contributed by atoms with Gasteiger partial charge in [-0.3, -0.25) is 0 Å². The second-order valence-corrected chi connectivity index (χ2v) is 6.81. The number of para-hydroxylation sites is 1. The minimum absolute atomic E-state index is 0.690. The van der Waals surface area contributed by atoms with Gasteiger partial charge in [-0.25, -0.2) is 0 Å². The van der Waals surface area contributed by atoms with Crippen molar-refractivity contribution in [3.05, 3.63) is 71.5 Å². The molecule has 0 radical (unpaired) electrons. The molecule has 6 heteroatoms. The first-order valence-corrected chi connectivity index (χ1v) is 9.59.